The van der Waals surface area contributed by atoms with Gasteiger partial charge in [-0.15, -0.1) is 0 Å². The summed E-state index contributed by atoms with van der Waals surface area (Å²) in [6.07, 6.45) is 1.54. The van der Waals surface area contributed by atoms with Crippen LogP contribution in [0.5, 0.6) is 5.75 Å². The molecule has 3 N–H and O–H groups in total. The maximum absolute atomic E-state index is 12.2. The van der Waals surface area contributed by atoms with Crippen molar-refractivity contribution in [3.8, 4) is 5.75 Å². The van der Waals surface area contributed by atoms with Crippen LogP contribution in [-0.4, -0.2) is 18.0 Å². The molecular weight excluding hydrogens is 254 g/mol. The fourth-order valence-corrected chi connectivity index (χ4v) is 2.07. The van der Waals surface area contributed by atoms with E-state index in [1.165, 1.54) is 6.20 Å². The van der Waals surface area contributed by atoms with E-state index in [1.807, 2.05) is 26.0 Å². The molecule has 0 aliphatic heterocycles. The van der Waals surface area contributed by atoms with Gasteiger partial charge in [-0.2, -0.15) is 0 Å². The highest BCUT2D eigenvalue weighted by Crippen LogP contribution is 2.29. The number of pyridine rings is 1. The van der Waals surface area contributed by atoms with Crippen molar-refractivity contribution < 1.29 is 9.53 Å². The van der Waals surface area contributed by atoms with Crippen molar-refractivity contribution in [1.29, 1.82) is 0 Å². The number of amides is 1. The van der Waals surface area contributed by atoms with Crippen LogP contribution in [-0.2, 0) is 0 Å². The molecule has 1 heterocycles. The van der Waals surface area contributed by atoms with Gasteiger partial charge in [0.2, 0.25) is 0 Å². The number of carbonyl (C=O) groups excluding carboxylic acids is 1. The summed E-state index contributed by atoms with van der Waals surface area (Å²) in [5, 5.41) is 2.81. The van der Waals surface area contributed by atoms with Gasteiger partial charge in [-0.05, 0) is 37.6 Å². The number of aromatic nitrogens is 1. The second-order valence-corrected chi connectivity index (χ2v) is 4.48. The lowest BCUT2D eigenvalue weighted by Crippen LogP contribution is -2.16. The zero-order valence-corrected chi connectivity index (χ0v) is 11.7. The number of hydrogen-bond acceptors (Lipinski definition) is 4. The molecule has 0 aliphatic carbocycles. The Morgan fingerprint density at radius 2 is 2.05 bits per heavy atom. The van der Waals surface area contributed by atoms with Gasteiger partial charge in [0.1, 0.15) is 5.75 Å². The average Bonchev–Trinajstić information content (AvgIpc) is 2.43. The minimum Gasteiger partial charge on any atom is -0.496 e. The number of nitrogen functional groups attached to an aromatic ring is 1. The van der Waals surface area contributed by atoms with Crippen LogP contribution in [0.2, 0.25) is 0 Å². The monoisotopic (exact) mass is 271 g/mol. The Morgan fingerprint density at radius 1 is 1.30 bits per heavy atom. The Hall–Kier alpha value is -2.56. The molecule has 5 nitrogen and oxygen atoms in total. The van der Waals surface area contributed by atoms with Crippen molar-refractivity contribution in [1.82, 2.24) is 4.98 Å². The number of aryl methyl sites for hydroxylation is 1. The third kappa shape index (κ3) is 2.56. The van der Waals surface area contributed by atoms with Gasteiger partial charge in [0, 0.05) is 17.4 Å². The standard InChI is InChI=1S/C15H17N3O2/c1-9-6-7-12(10(2)14(9)20-3)18-15(19)13-11(16)5-4-8-17-13/h4-8H,16H2,1-3H3,(H,18,19). The lowest BCUT2D eigenvalue weighted by atomic mass is 10.1. The largest absolute Gasteiger partial charge is 0.496 e. The topological polar surface area (TPSA) is 77.2 Å². The van der Waals surface area contributed by atoms with E-state index in [1.54, 1.807) is 19.2 Å². The molecule has 0 saturated heterocycles. The van der Waals surface area contributed by atoms with E-state index in [2.05, 4.69) is 10.3 Å². The van der Waals surface area contributed by atoms with E-state index in [-0.39, 0.29) is 11.6 Å². The molecule has 0 unspecified atom stereocenters. The second kappa shape index (κ2) is 5.61. The molecule has 1 aromatic carbocycles. The highest BCUT2D eigenvalue weighted by atomic mass is 16.5. The van der Waals surface area contributed by atoms with E-state index in [0.717, 1.165) is 16.9 Å². The van der Waals surface area contributed by atoms with Gasteiger partial charge in [0.05, 0.1) is 12.8 Å². The number of nitrogens with zero attached hydrogens (tertiary/aromatic N) is 1. The number of nitrogens with one attached hydrogen (secondary N) is 1. The summed E-state index contributed by atoms with van der Waals surface area (Å²) in [6.45, 7) is 3.84. The summed E-state index contributed by atoms with van der Waals surface area (Å²) in [7, 11) is 1.61. The van der Waals surface area contributed by atoms with Crippen molar-refractivity contribution in [2.45, 2.75) is 13.8 Å². The van der Waals surface area contributed by atoms with Gasteiger partial charge in [-0.3, -0.25) is 4.79 Å². The van der Waals surface area contributed by atoms with Crippen LogP contribution in [0.4, 0.5) is 11.4 Å². The fraction of sp³-hybridized carbons (Fsp3) is 0.200. The van der Waals surface area contributed by atoms with E-state index in [0.29, 0.717) is 11.4 Å². The average molecular weight is 271 g/mol. The SMILES string of the molecule is COc1c(C)ccc(NC(=O)c2ncccc2N)c1C. The predicted molar refractivity (Wildman–Crippen MR) is 79.1 cm³/mol. The van der Waals surface area contributed by atoms with Crippen LogP contribution in [0.3, 0.4) is 0 Å². The zero-order valence-electron chi connectivity index (χ0n) is 11.7. The van der Waals surface area contributed by atoms with Crippen LogP contribution in [0, 0.1) is 13.8 Å². The molecule has 0 fully saturated rings. The maximum Gasteiger partial charge on any atom is 0.276 e. The fourth-order valence-electron chi connectivity index (χ4n) is 2.07. The maximum atomic E-state index is 12.2. The molecule has 0 bridgehead atoms. The number of rotatable bonds is 3. The minimum absolute atomic E-state index is 0.214. The van der Waals surface area contributed by atoms with Crippen molar-refractivity contribution in [2.75, 3.05) is 18.2 Å². The third-order valence-corrected chi connectivity index (χ3v) is 3.11. The Bertz CT molecular complexity index is 654. The molecule has 0 atom stereocenters. The number of carbonyl (C=O) groups is 1. The highest BCUT2D eigenvalue weighted by molar-refractivity contribution is 6.06. The van der Waals surface area contributed by atoms with E-state index >= 15 is 0 Å². The number of benzene rings is 1. The van der Waals surface area contributed by atoms with E-state index in [9.17, 15) is 4.79 Å². The molecule has 0 radical (unpaired) electrons. The summed E-state index contributed by atoms with van der Waals surface area (Å²) >= 11 is 0. The molecule has 0 saturated carbocycles. The smallest absolute Gasteiger partial charge is 0.276 e. The van der Waals surface area contributed by atoms with Crippen molar-refractivity contribution in [2.24, 2.45) is 0 Å². The molecule has 0 spiro atoms. The highest BCUT2D eigenvalue weighted by Gasteiger charge is 2.14. The summed E-state index contributed by atoms with van der Waals surface area (Å²) < 4.78 is 5.34. The summed E-state index contributed by atoms with van der Waals surface area (Å²) in [5.74, 6) is 0.425. The Kier molecular flexibility index (Phi) is 3.89. The molecule has 5 heteroatoms. The number of ether oxygens (including phenoxy) is 1. The molecule has 0 aliphatic rings. The molecule has 1 amide bonds. The van der Waals surface area contributed by atoms with Gasteiger partial charge >= 0.3 is 0 Å². The molecule has 1 aromatic heterocycles. The second-order valence-electron chi connectivity index (χ2n) is 4.48. The molecular formula is C15H17N3O2. The third-order valence-electron chi connectivity index (χ3n) is 3.11. The number of anilines is 2. The quantitative estimate of drug-likeness (QED) is 0.899. The number of hydrogen-bond donors (Lipinski definition) is 2. The first-order valence-corrected chi connectivity index (χ1v) is 6.20. The van der Waals surface area contributed by atoms with Gasteiger partial charge < -0.3 is 15.8 Å². The first-order valence-electron chi connectivity index (χ1n) is 6.20. The van der Waals surface area contributed by atoms with Crippen molar-refractivity contribution in [3.63, 3.8) is 0 Å². The van der Waals surface area contributed by atoms with Crippen LogP contribution >= 0.6 is 0 Å². The van der Waals surface area contributed by atoms with Crippen LogP contribution in [0.25, 0.3) is 0 Å². The van der Waals surface area contributed by atoms with Crippen LogP contribution < -0.4 is 15.8 Å². The van der Waals surface area contributed by atoms with E-state index < -0.39 is 0 Å². The number of nitrogens with two attached hydrogens (primary N) is 1. The summed E-state index contributed by atoms with van der Waals surface area (Å²) in [4.78, 5) is 16.2. The summed E-state index contributed by atoms with van der Waals surface area (Å²) in [5.41, 5.74) is 8.88. The summed E-state index contributed by atoms with van der Waals surface area (Å²) in [6, 6.07) is 7.06. The zero-order chi connectivity index (χ0) is 14.7. The van der Waals surface area contributed by atoms with Gasteiger partial charge in [0.25, 0.3) is 5.91 Å². The molecule has 104 valence electrons. The lowest BCUT2D eigenvalue weighted by Gasteiger charge is -2.14. The van der Waals surface area contributed by atoms with E-state index in [4.69, 9.17) is 10.5 Å². The van der Waals surface area contributed by atoms with Crippen molar-refractivity contribution >= 4 is 17.3 Å². The normalized spacial score (nSPS) is 10.2. The Morgan fingerprint density at radius 3 is 2.70 bits per heavy atom. The minimum atomic E-state index is -0.336. The van der Waals surface area contributed by atoms with Gasteiger partial charge in [-0.25, -0.2) is 4.98 Å². The first-order chi connectivity index (χ1) is 9.54. The van der Waals surface area contributed by atoms with Crippen molar-refractivity contribution in [3.05, 3.63) is 47.3 Å². The first kappa shape index (κ1) is 13.9. The van der Waals surface area contributed by atoms with Gasteiger partial charge in [0.15, 0.2) is 5.69 Å². The Balaban J connectivity index is 2.32. The Labute approximate surface area is 117 Å². The molecule has 20 heavy (non-hydrogen) atoms. The van der Waals surface area contributed by atoms with Gasteiger partial charge in [-0.1, -0.05) is 6.07 Å². The predicted octanol–water partition coefficient (Wildman–Crippen LogP) is 2.54. The molecule has 2 rings (SSSR count). The van der Waals surface area contributed by atoms with Crippen LogP contribution in [0.1, 0.15) is 21.6 Å². The molecule has 2 aromatic rings. The van der Waals surface area contributed by atoms with Crippen LogP contribution in [0.15, 0.2) is 30.5 Å². The number of methoxy groups -OCH3 is 1. The lowest BCUT2D eigenvalue weighted by molar-refractivity contribution is 0.102.